The van der Waals surface area contributed by atoms with Gasteiger partial charge in [0.2, 0.25) is 0 Å². The van der Waals surface area contributed by atoms with E-state index in [4.69, 9.17) is 0 Å². The molecule has 0 saturated heterocycles. The molecule has 0 N–H and O–H groups in total. The maximum atomic E-state index is 11.8. The maximum Gasteiger partial charge on any atom is 0.275 e. The fraction of sp³-hybridized carbons (Fsp3) is 0.300. The minimum atomic E-state index is 0.0718. The van der Waals surface area contributed by atoms with E-state index in [2.05, 4.69) is 0 Å². The van der Waals surface area contributed by atoms with Crippen molar-refractivity contribution in [2.45, 2.75) is 13.8 Å². The minimum absolute atomic E-state index is 0.0718. The van der Waals surface area contributed by atoms with Gasteiger partial charge in [0.25, 0.3) is 5.56 Å². The highest BCUT2D eigenvalue weighted by Gasteiger charge is 2.05. The monoisotopic (exact) mass is 176 g/mol. The minimum Gasteiger partial charge on any atom is -0.317 e. The van der Waals surface area contributed by atoms with Gasteiger partial charge in [-0.1, -0.05) is 0 Å². The molecule has 0 radical (unpaired) electrons. The normalized spacial score (nSPS) is 11.0. The number of hydrogen-bond donors (Lipinski definition) is 0. The summed E-state index contributed by atoms with van der Waals surface area (Å²) in [7, 11) is 1.80. The summed E-state index contributed by atoms with van der Waals surface area (Å²) in [6, 6.07) is 1.95. The van der Waals surface area contributed by atoms with E-state index in [1.165, 1.54) is 0 Å². The molecule has 0 amide bonds. The van der Waals surface area contributed by atoms with Crippen LogP contribution < -0.4 is 5.56 Å². The van der Waals surface area contributed by atoms with Gasteiger partial charge >= 0.3 is 0 Å². The third-order valence-electron chi connectivity index (χ3n) is 2.48. The topological polar surface area (TPSA) is 26.4 Å². The Labute approximate surface area is 76.2 Å². The highest BCUT2D eigenvalue weighted by Crippen LogP contribution is 2.07. The molecule has 0 unspecified atom stereocenters. The molecule has 0 aliphatic heterocycles. The van der Waals surface area contributed by atoms with Crippen molar-refractivity contribution in [2.24, 2.45) is 7.05 Å². The van der Waals surface area contributed by atoms with Crippen LogP contribution in [0.3, 0.4) is 0 Å². The molecule has 0 spiro atoms. The van der Waals surface area contributed by atoms with Crippen molar-refractivity contribution in [3.63, 3.8) is 0 Å². The molecular formula is C10H12N2O. The Morgan fingerprint density at radius 2 is 2.00 bits per heavy atom. The molecule has 0 saturated carbocycles. The lowest BCUT2D eigenvalue weighted by Crippen LogP contribution is -2.21. The lowest BCUT2D eigenvalue weighted by Gasteiger charge is -2.04. The molecule has 2 heterocycles. The van der Waals surface area contributed by atoms with Gasteiger partial charge in [-0.05, 0) is 25.5 Å². The van der Waals surface area contributed by atoms with Gasteiger partial charge in [-0.25, -0.2) is 0 Å². The first-order chi connectivity index (χ1) is 6.11. The molecule has 13 heavy (non-hydrogen) atoms. The van der Waals surface area contributed by atoms with Gasteiger partial charge in [0.15, 0.2) is 0 Å². The first kappa shape index (κ1) is 8.10. The molecule has 0 aliphatic carbocycles. The Hall–Kier alpha value is -1.51. The Morgan fingerprint density at radius 3 is 2.69 bits per heavy atom. The van der Waals surface area contributed by atoms with Crippen LogP contribution in [0, 0.1) is 13.8 Å². The molecule has 0 atom stereocenters. The van der Waals surface area contributed by atoms with Crippen LogP contribution in [-0.2, 0) is 7.05 Å². The van der Waals surface area contributed by atoms with E-state index < -0.39 is 0 Å². The highest BCUT2D eigenvalue weighted by molar-refractivity contribution is 5.53. The van der Waals surface area contributed by atoms with Crippen LogP contribution in [0.4, 0.5) is 0 Å². The Kier molecular flexibility index (Phi) is 1.55. The van der Waals surface area contributed by atoms with Crippen molar-refractivity contribution < 1.29 is 0 Å². The summed E-state index contributed by atoms with van der Waals surface area (Å²) in [6.07, 6.45) is 3.88. The largest absolute Gasteiger partial charge is 0.317 e. The van der Waals surface area contributed by atoms with Crippen LogP contribution >= 0.6 is 0 Å². The van der Waals surface area contributed by atoms with E-state index >= 15 is 0 Å². The Morgan fingerprint density at radius 1 is 1.31 bits per heavy atom. The summed E-state index contributed by atoms with van der Waals surface area (Å²) in [5.41, 5.74) is 2.84. The zero-order valence-electron chi connectivity index (χ0n) is 8.03. The van der Waals surface area contributed by atoms with Crippen LogP contribution in [-0.4, -0.2) is 8.97 Å². The van der Waals surface area contributed by atoms with Gasteiger partial charge in [0.1, 0.15) is 5.52 Å². The van der Waals surface area contributed by atoms with E-state index in [1.54, 1.807) is 11.6 Å². The van der Waals surface area contributed by atoms with E-state index in [0.29, 0.717) is 0 Å². The fourth-order valence-corrected chi connectivity index (χ4v) is 1.54. The molecule has 0 aromatic carbocycles. The van der Waals surface area contributed by atoms with Crippen LogP contribution in [0.5, 0.6) is 0 Å². The molecule has 0 aliphatic rings. The van der Waals surface area contributed by atoms with Gasteiger partial charge in [-0.3, -0.25) is 4.79 Å². The first-order valence-corrected chi connectivity index (χ1v) is 4.25. The molecule has 2 aromatic rings. The van der Waals surface area contributed by atoms with Crippen molar-refractivity contribution >= 4 is 5.52 Å². The molecule has 3 heteroatoms. The summed E-state index contributed by atoms with van der Waals surface area (Å²) in [4.78, 5) is 11.8. The Bertz CT molecular complexity index is 519. The third-order valence-corrected chi connectivity index (χ3v) is 2.48. The Balaban J connectivity index is 3.06. The quantitative estimate of drug-likeness (QED) is 0.593. The van der Waals surface area contributed by atoms with E-state index in [9.17, 15) is 4.79 Å². The number of nitrogens with zero attached hydrogens (tertiary/aromatic N) is 2. The fourth-order valence-electron chi connectivity index (χ4n) is 1.54. The van der Waals surface area contributed by atoms with Gasteiger partial charge in [-0.15, -0.1) is 0 Å². The van der Waals surface area contributed by atoms with Crippen molar-refractivity contribution in [3.05, 3.63) is 40.1 Å². The average molecular weight is 176 g/mol. The van der Waals surface area contributed by atoms with Gasteiger partial charge in [0, 0.05) is 25.1 Å². The van der Waals surface area contributed by atoms with Crippen LogP contribution in [0.2, 0.25) is 0 Å². The molecule has 0 bridgehead atoms. The van der Waals surface area contributed by atoms with Crippen LogP contribution in [0.1, 0.15) is 11.3 Å². The van der Waals surface area contributed by atoms with Gasteiger partial charge in [-0.2, -0.15) is 0 Å². The van der Waals surface area contributed by atoms with Gasteiger partial charge < -0.3 is 8.97 Å². The van der Waals surface area contributed by atoms with Crippen LogP contribution in [0.15, 0.2) is 23.3 Å². The second-order valence-electron chi connectivity index (χ2n) is 3.39. The zero-order chi connectivity index (χ0) is 9.59. The predicted octanol–water partition coefficient (Wildman–Crippen LogP) is 1.25. The summed E-state index contributed by atoms with van der Waals surface area (Å²) in [5.74, 6) is 0. The second-order valence-corrected chi connectivity index (χ2v) is 3.39. The van der Waals surface area contributed by atoms with Crippen molar-refractivity contribution in [1.82, 2.24) is 8.97 Å². The summed E-state index contributed by atoms with van der Waals surface area (Å²) >= 11 is 0. The molecule has 2 rings (SSSR count). The lowest BCUT2D eigenvalue weighted by atomic mass is 10.3. The van der Waals surface area contributed by atoms with E-state index in [-0.39, 0.29) is 5.56 Å². The standard InChI is InChI=1S/C10H12N2O/c1-7-4-5-12-6-8(2)11(3)10(13)9(7)12/h4-6H,1-3H3. The number of fused-ring (bicyclic) bond motifs is 1. The predicted molar refractivity (Wildman–Crippen MR) is 52.1 cm³/mol. The molecular weight excluding hydrogens is 164 g/mol. The van der Waals surface area contributed by atoms with E-state index in [0.717, 1.165) is 16.8 Å². The first-order valence-electron chi connectivity index (χ1n) is 4.25. The summed E-state index contributed by atoms with van der Waals surface area (Å²) < 4.78 is 3.55. The average Bonchev–Trinajstić information content (AvgIpc) is 2.43. The number of aromatic nitrogens is 2. The van der Waals surface area contributed by atoms with E-state index in [1.807, 2.05) is 36.7 Å². The highest BCUT2D eigenvalue weighted by atomic mass is 16.1. The molecule has 0 fully saturated rings. The third kappa shape index (κ3) is 1.00. The summed E-state index contributed by atoms with van der Waals surface area (Å²) in [5, 5.41) is 0. The molecule has 68 valence electrons. The second kappa shape index (κ2) is 2.49. The molecule has 3 nitrogen and oxygen atoms in total. The number of hydrogen-bond acceptors (Lipinski definition) is 1. The van der Waals surface area contributed by atoms with Crippen molar-refractivity contribution in [3.8, 4) is 0 Å². The van der Waals surface area contributed by atoms with Crippen LogP contribution in [0.25, 0.3) is 5.52 Å². The zero-order valence-corrected chi connectivity index (χ0v) is 8.03. The lowest BCUT2D eigenvalue weighted by molar-refractivity contribution is 0.803. The SMILES string of the molecule is Cc1ccn2cc(C)n(C)c(=O)c12. The van der Waals surface area contributed by atoms with Crippen molar-refractivity contribution in [1.29, 1.82) is 0 Å². The number of aryl methyl sites for hydroxylation is 2. The van der Waals surface area contributed by atoms with Crippen molar-refractivity contribution in [2.75, 3.05) is 0 Å². The maximum absolute atomic E-state index is 11.8. The number of rotatable bonds is 0. The molecule has 2 aromatic heterocycles. The van der Waals surface area contributed by atoms with Gasteiger partial charge in [0.05, 0.1) is 0 Å². The smallest absolute Gasteiger partial charge is 0.275 e. The summed E-state index contributed by atoms with van der Waals surface area (Å²) in [6.45, 7) is 3.88.